The van der Waals surface area contributed by atoms with E-state index in [4.69, 9.17) is 9.47 Å². The first kappa shape index (κ1) is 15.4. The van der Waals surface area contributed by atoms with Gasteiger partial charge in [0.1, 0.15) is 6.10 Å². The van der Waals surface area contributed by atoms with Crippen LogP contribution in [0.15, 0.2) is 18.2 Å². The number of ether oxygens (including phenoxy) is 2. The van der Waals surface area contributed by atoms with Crippen molar-refractivity contribution >= 4 is 5.69 Å². The molecule has 0 amide bonds. The van der Waals surface area contributed by atoms with Crippen LogP contribution in [0.2, 0.25) is 0 Å². The molecule has 1 aliphatic carbocycles. The Kier molecular flexibility index (Phi) is 3.33. The molecule has 4 rings (SSSR count). The van der Waals surface area contributed by atoms with E-state index in [9.17, 15) is 15.2 Å². The molecule has 1 aromatic carbocycles. The molecule has 0 unspecified atom stereocenters. The van der Waals surface area contributed by atoms with Crippen molar-refractivity contribution in [3.63, 3.8) is 0 Å². The first-order valence-corrected chi connectivity index (χ1v) is 8.07. The lowest BCUT2D eigenvalue weighted by molar-refractivity contribution is -0.385. The lowest BCUT2D eigenvalue weighted by Gasteiger charge is -2.35. The van der Waals surface area contributed by atoms with E-state index in [1.165, 1.54) is 13.2 Å². The van der Waals surface area contributed by atoms with Gasteiger partial charge in [0, 0.05) is 18.5 Å². The van der Waals surface area contributed by atoms with Crippen molar-refractivity contribution in [1.82, 2.24) is 4.90 Å². The van der Waals surface area contributed by atoms with Crippen molar-refractivity contribution in [2.75, 3.05) is 20.7 Å². The molecule has 7 heteroatoms. The zero-order chi connectivity index (χ0) is 17.1. The number of methoxy groups -OCH3 is 1. The van der Waals surface area contributed by atoms with E-state index in [1.54, 1.807) is 6.08 Å². The molecule has 24 heavy (non-hydrogen) atoms. The highest BCUT2D eigenvalue weighted by molar-refractivity contribution is 5.67. The number of rotatable bonds is 2. The number of hydrogen-bond acceptors (Lipinski definition) is 6. The maximum atomic E-state index is 11.6. The van der Waals surface area contributed by atoms with Gasteiger partial charge in [0.05, 0.1) is 35.2 Å². The van der Waals surface area contributed by atoms with Gasteiger partial charge >= 0.3 is 0 Å². The van der Waals surface area contributed by atoms with Crippen molar-refractivity contribution in [2.45, 2.75) is 37.0 Å². The van der Waals surface area contributed by atoms with Gasteiger partial charge in [-0.3, -0.25) is 10.1 Å². The normalized spacial score (nSPS) is 31.0. The molecule has 128 valence electrons. The van der Waals surface area contributed by atoms with Crippen molar-refractivity contribution in [3.05, 3.63) is 39.5 Å². The minimum Gasteiger partial charge on any atom is -0.493 e. The Bertz CT molecular complexity index is 747. The Labute approximate surface area is 139 Å². The minimum atomic E-state index is -0.555. The van der Waals surface area contributed by atoms with Gasteiger partial charge in [0.15, 0.2) is 11.5 Å². The van der Waals surface area contributed by atoms with Crippen LogP contribution in [0.1, 0.15) is 24.0 Å². The fourth-order valence-corrected chi connectivity index (χ4v) is 4.28. The van der Waals surface area contributed by atoms with Gasteiger partial charge in [-0.05, 0) is 20.0 Å². The van der Waals surface area contributed by atoms with Crippen LogP contribution in [-0.4, -0.2) is 47.8 Å². The Balaban J connectivity index is 2.04. The van der Waals surface area contributed by atoms with Gasteiger partial charge < -0.3 is 19.5 Å². The summed E-state index contributed by atoms with van der Waals surface area (Å²) in [5.41, 5.74) is 1.20. The molecule has 7 nitrogen and oxygen atoms in total. The summed E-state index contributed by atoms with van der Waals surface area (Å²) in [6, 6.07) is 1.46. The van der Waals surface area contributed by atoms with Gasteiger partial charge in [-0.25, -0.2) is 0 Å². The molecule has 0 fully saturated rings. The van der Waals surface area contributed by atoms with Crippen molar-refractivity contribution in [1.29, 1.82) is 0 Å². The monoisotopic (exact) mass is 332 g/mol. The lowest BCUT2D eigenvalue weighted by atomic mass is 9.69. The van der Waals surface area contributed by atoms with E-state index < -0.39 is 11.5 Å². The largest absolute Gasteiger partial charge is 0.493 e. The Morgan fingerprint density at radius 2 is 2.33 bits per heavy atom. The zero-order valence-corrected chi connectivity index (χ0v) is 13.7. The van der Waals surface area contributed by atoms with Crippen molar-refractivity contribution in [2.24, 2.45) is 0 Å². The van der Waals surface area contributed by atoms with Crippen LogP contribution in [0.4, 0.5) is 5.69 Å². The average Bonchev–Trinajstić information content (AvgIpc) is 2.79. The van der Waals surface area contributed by atoms with Crippen LogP contribution in [0.5, 0.6) is 11.5 Å². The van der Waals surface area contributed by atoms with Gasteiger partial charge in [-0.2, -0.15) is 0 Å². The summed E-state index contributed by atoms with van der Waals surface area (Å²) in [5.74, 6) is 0.985. The first-order chi connectivity index (χ1) is 11.5. The van der Waals surface area contributed by atoms with E-state index in [-0.39, 0.29) is 16.7 Å². The van der Waals surface area contributed by atoms with Crippen LogP contribution in [-0.2, 0) is 12.0 Å². The van der Waals surface area contributed by atoms with E-state index in [2.05, 4.69) is 4.90 Å². The first-order valence-electron chi connectivity index (χ1n) is 8.07. The maximum Gasteiger partial charge on any atom is 0.278 e. The van der Waals surface area contributed by atoms with Gasteiger partial charge in [0.25, 0.3) is 5.69 Å². The Morgan fingerprint density at radius 1 is 1.54 bits per heavy atom. The zero-order valence-electron chi connectivity index (χ0n) is 13.7. The fraction of sp³-hybridized carbons (Fsp3) is 0.529. The molecule has 2 aliphatic heterocycles. The number of hydrogen-bond donors (Lipinski definition) is 1. The third-order valence-electron chi connectivity index (χ3n) is 5.45. The SMILES string of the molecule is COc1cc([N+](=O)[O-])c2c3c1O[C@H]1C[C@@H](O)C=C[C@@]31CCN(C)C2. The van der Waals surface area contributed by atoms with Gasteiger partial charge in [-0.15, -0.1) is 0 Å². The van der Waals surface area contributed by atoms with Crippen molar-refractivity contribution < 1.29 is 19.5 Å². The van der Waals surface area contributed by atoms with Gasteiger partial charge in [0.2, 0.25) is 0 Å². The summed E-state index contributed by atoms with van der Waals surface area (Å²) < 4.78 is 11.6. The summed E-state index contributed by atoms with van der Waals surface area (Å²) in [4.78, 5) is 13.4. The molecule has 0 bridgehead atoms. The predicted octanol–water partition coefficient (Wildman–Crippen LogP) is 1.76. The van der Waals surface area contributed by atoms with Crippen LogP contribution in [0.3, 0.4) is 0 Å². The van der Waals surface area contributed by atoms with E-state index in [0.29, 0.717) is 30.0 Å². The average molecular weight is 332 g/mol. The van der Waals surface area contributed by atoms with Crippen LogP contribution >= 0.6 is 0 Å². The van der Waals surface area contributed by atoms with E-state index >= 15 is 0 Å². The lowest BCUT2D eigenvalue weighted by Crippen LogP contribution is -2.42. The summed E-state index contributed by atoms with van der Waals surface area (Å²) >= 11 is 0. The molecule has 0 radical (unpaired) electrons. The summed E-state index contributed by atoms with van der Waals surface area (Å²) in [5, 5.41) is 21.6. The molecule has 2 heterocycles. The molecule has 1 spiro atoms. The maximum absolute atomic E-state index is 11.6. The highest BCUT2D eigenvalue weighted by Crippen LogP contribution is 2.57. The second kappa shape index (κ2) is 5.19. The Morgan fingerprint density at radius 3 is 3.04 bits per heavy atom. The van der Waals surface area contributed by atoms with Crippen molar-refractivity contribution in [3.8, 4) is 11.5 Å². The van der Waals surface area contributed by atoms with Gasteiger partial charge in [-0.1, -0.05) is 12.2 Å². The Hall–Kier alpha value is -2.12. The minimum absolute atomic E-state index is 0.0718. The molecular weight excluding hydrogens is 312 g/mol. The molecular formula is C17H20N2O5. The number of nitrogens with zero attached hydrogens (tertiary/aromatic N) is 2. The molecule has 0 saturated heterocycles. The summed E-state index contributed by atoms with van der Waals surface area (Å²) in [7, 11) is 3.46. The molecule has 3 aliphatic rings. The predicted molar refractivity (Wildman–Crippen MR) is 86.5 cm³/mol. The number of aliphatic hydroxyl groups is 1. The smallest absolute Gasteiger partial charge is 0.278 e. The standard InChI is InChI=1S/C17H20N2O5/c1-18-6-5-17-4-3-10(20)7-14(17)24-16-13(23-2)8-12(19(21)22)11(9-18)15(16)17/h3-4,8,10,14,20H,5-7,9H2,1-2H3/t10-,14-,17-/m0/s1. The van der Waals surface area contributed by atoms with E-state index in [0.717, 1.165) is 18.5 Å². The fourth-order valence-electron chi connectivity index (χ4n) is 4.28. The molecule has 1 aromatic rings. The number of benzene rings is 1. The summed E-state index contributed by atoms with van der Waals surface area (Å²) in [6.45, 7) is 1.30. The third-order valence-corrected chi connectivity index (χ3v) is 5.45. The second-order valence-electron chi connectivity index (χ2n) is 6.83. The molecule has 0 saturated carbocycles. The molecule has 0 aromatic heterocycles. The molecule has 1 N–H and O–H groups in total. The highest BCUT2D eigenvalue weighted by atomic mass is 16.6. The second-order valence-corrected chi connectivity index (χ2v) is 6.83. The number of aliphatic hydroxyl groups excluding tert-OH is 1. The quantitative estimate of drug-likeness (QED) is 0.505. The molecule has 3 atom stereocenters. The number of nitro benzene ring substituents is 1. The van der Waals surface area contributed by atoms with Crippen LogP contribution in [0, 0.1) is 10.1 Å². The van der Waals surface area contributed by atoms with Crippen LogP contribution in [0.25, 0.3) is 0 Å². The summed E-state index contributed by atoms with van der Waals surface area (Å²) in [6.07, 6.45) is 4.26. The van der Waals surface area contributed by atoms with Crippen LogP contribution < -0.4 is 9.47 Å². The number of nitro groups is 1. The van der Waals surface area contributed by atoms with E-state index in [1.807, 2.05) is 13.1 Å². The topological polar surface area (TPSA) is 85.1 Å². The third kappa shape index (κ3) is 1.98. The highest BCUT2D eigenvalue weighted by Gasteiger charge is 2.54.